The number of rotatable bonds is 5. The molecular formula is C21H32Cl2N4O. The highest BCUT2D eigenvalue weighted by Crippen LogP contribution is 2.33. The number of carbonyl (C=O) groups excluding carboxylic acids is 1. The quantitative estimate of drug-likeness (QED) is 0.757. The molecule has 0 aromatic heterocycles. The Kier molecular flexibility index (Phi) is 7.21. The molecule has 0 bridgehead atoms. The second-order valence-electron chi connectivity index (χ2n) is 8.05. The van der Waals surface area contributed by atoms with Crippen molar-refractivity contribution in [1.29, 1.82) is 0 Å². The lowest BCUT2D eigenvalue weighted by Gasteiger charge is -2.37. The van der Waals surface area contributed by atoms with E-state index in [1.165, 1.54) is 0 Å². The van der Waals surface area contributed by atoms with E-state index in [0.29, 0.717) is 16.0 Å². The maximum absolute atomic E-state index is 11.8. The fraction of sp³-hybridized carbons (Fsp3) is 0.667. The Morgan fingerprint density at radius 2 is 1.86 bits per heavy atom. The number of anilines is 1. The molecule has 5 nitrogen and oxygen atoms in total. The minimum Gasteiger partial charge on any atom is -0.368 e. The normalized spacial score (nSPS) is 25.1. The van der Waals surface area contributed by atoms with Gasteiger partial charge in [0.1, 0.15) is 0 Å². The monoisotopic (exact) mass is 428 g/mol. The Labute approximate surface area is 180 Å². The number of piperazine rings is 1. The summed E-state index contributed by atoms with van der Waals surface area (Å²) in [6, 6.07) is 6.00. The standard InChI is InChI=1S/C21H32Cl2N4O/c1-25(2)21(28)24-17-8-6-16(7-9-17)10-11-26-12-14-27(15-13-26)19-5-3-4-18(22)20(19)23/h3-5,16-17H,6-15H2,1-2H3,(H,24,28)/i10T. The van der Waals surface area contributed by atoms with E-state index >= 15 is 0 Å². The molecular weight excluding hydrogens is 395 g/mol. The summed E-state index contributed by atoms with van der Waals surface area (Å²) in [7, 11) is 3.53. The summed E-state index contributed by atoms with van der Waals surface area (Å²) in [5, 5.41) is 4.29. The summed E-state index contributed by atoms with van der Waals surface area (Å²) in [6.07, 6.45) is 3.91. The molecule has 1 unspecified atom stereocenters. The average molecular weight is 429 g/mol. The van der Waals surface area contributed by atoms with Gasteiger partial charge in [-0.2, -0.15) is 0 Å². The van der Waals surface area contributed by atoms with E-state index in [4.69, 9.17) is 24.6 Å². The summed E-state index contributed by atoms with van der Waals surface area (Å²) in [6.45, 7) is 4.49. The van der Waals surface area contributed by atoms with Crippen molar-refractivity contribution in [1.82, 2.24) is 15.1 Å². The van der Waals surface area contributed by atoms with Crippen LogP contribution in [0.5, 0.6) is 0 Å². The van der Waals surface area contributed by atoms with E-state index < -0.39 is 0 Å². The second kappa shape index (κ2) is 10.0. The number of amides is 2. The van der Waals surface area contributed by atoms with Crippen molar-refractivity contribution in [2.24, 2.45) is 5.92 Å². The van der Waals surface area contributed by atoms with Gasteiger partial charge in [0.05, 0.1) is 15.7 Å². The number of carbonyl (C=O) groups is 1. The van der Waals surface area contributed by atoms with Crippen LogP contribution in [0, 0.1) is 5.92 Å². The van der Waals surface area contributed by atoms with Crippen LogP contribution in [0.4, 0.5) is 10.5 Å². The highest BCUT2D eigenvalue weighted by molar-refractivity contribution is 6.43. The number of hydrogen-bond donors (Lipinski definition) is 1. The molecule has 1 aliphatic carbocycles. The lowest BCUT2D eigenvalue weighted by molar-refractivity contribution is 0.194. The summed E-state index contributed by atoms with van der Waals surface area (Å²) >= 11 is 12.5. The maximum Gasteiger partial charge on any atom is 0.317 e. The molecule has 2 aliphatic rings. The Bertz CT molecular complexity index is 689. The van der Waals surface area contributed by atoms with Gasteiger partial charge in [-0.15, -0.1) is 0 Å². The van der Waals surface area contributed by atoms with Crippen LogP contribution in [0.3, 0.4) is 0 Å². The molecule has 1 aromatic rings. The molecule has 2 fully saturated rings. The Morgan fingerprint density at radius 1 is 1.18 bits per heavy atom. The Morgan fingerprint density at radius 3 is 2.50 bits per heavy atom. The van der Waals surface area contributed by atoms with E-state index in [2.05, 4.69) is 15.1 Å². The summed E-state index contributed by atoms with van der Waals surface area (Å²) in [4.78, 5) is 18.1. The van der Waals surface area contributed by atoms with Crippen LogP contribution in [0.1, 0.15) is 33.5 Å². The van der Waals surface area contributed by atoms with Crippen LogP contribution in [0.15, 0.2) is 18.2 Å². The maximum atomic E-state index is 11.8. The Balaban J connectivity index is 1.42. The number of nitrogens with zero attached hydrogens (tertiary/aromatic N) is 3. The molecule has 1 atom stereocenters. The van der Waals surface area contributed by atoms with Crippen LogP contribution in [0.2, 0.25) is 10.0 Å². The molecule has 1 N–H and O–H groups in total. The lowest BCUT2D eigenvalue weighted by Crippen LogP contribution is -2.47. The van der Waals surface area contributed by atoms with Crippen LogP contribution >= 0.6 is 23.2 Å². The van der Waals surface area contributed by atoms with Gasteiger partial charge in [-0.05, 0) is 56.7 Å². The summed E-state index contributed by atoms with van der Waals surface area (Å²) in [5.41, 5.74) is 0.999. The summed E-state index contributed by atoms with van der Waals surface area (Å²) < 4.78 is 8.67. The number of nitrogens with one attached hydrogen (secondary N) is 1. The first kappa shape index (κ1) is 20.1. The molecule has 1 aliphatic heterocycles. The van der Waals surface area contributed by atoms with Crippen LogP contribution in [-0.2, 0) is 0 Å². The molecule has 1 heterocycles. The molecule has 2 amide bonds. The fourth-order valence-corrected chi connectivity index (χ4v) is 4.42. The molecule has 3 rings (SSSR count). The van der Waals surface area contributed by atoms with Gasteiger partial charge >= 0.3 is 6.03 Å². The first-order valence-corrected chi connectivity index (χ1v) is 10.9. The molecule has 1 aromatic carbocycles. The SMILES string of the molecule is [3H]C(CN1CCN(c2cccc(Cl)c2Cl)CC1)C1CCC(NC(=O)N(C)C)CC1. The number of urea groups is 1. The zero-order chi connectivity index (χ0) is 21.0. The molecule has 1 saturated heterocycles. The second-order valence-corrected chi connectivity index (χ2v) is 8.84. The average Bonchev–Trinajstić information content (AvgIpc) is 2.71. The predicted octanol–water partition coefficient (Wildman–Crippen LogP) is 4.34. The molecule has 1 saturated carbocycles. The van der Waals surface area contributed by atoms with E-state index in [9.17, 15) is 4.79 Å². The smallest absolute Gasteiger partial charge is 0.317 e. The van der Waals surface area contributed by atoms with Crippen molar-refractivity contribution in [3.05, 3.63) is 28.2 Å². The third kappa shape index (κ3) is 5.68. The molecule has 28 heavy (non-hydrogen) atoms. The third-order valence-electron chi connectivity index (χ3n) is 5.85. The van der Waals surface area contributed by atoms with Crippen molar-refractivity contribution in [3.63, 3.8) is 0 Å². The minimum absolute atomic E-state index is 0.0199. The number of benzene rings is 1. The van der Waals surface area contributed by atoms with Crippen molar-refractivity contribution in [2.75, 3.05) is 51.7 Å². The third-order valence-corrected chi connectivity index (χ3v) is 6.66. The zero-order valence-corrected chi connectivity index (χ0v) is 18.3. The number of halogens is 2. The number of hydrogen-bond acceptors (Lipinski definition) is 3. The predicted molar refractivity (Wildman–Crippen MR) is 118 cm³/mol. The Hall–Kier alpha value is -1.17. The fourth-order valence-electron chi connectivity index (χ4n) is 4.01. The van der Waals surface area contributed by atoms with Crippen molar-refractivity contribution in [2.45, 2.75) is 38.1 Å². The van der Waals surface area contributed by atoms with Crippen molar-refractivity contribution >= 4 is 34.9 Å². The van der Waals surface area contributed by atoms with Gasteiger partial charge in [-0.25, -0.2) is 4.79 Å². The van der Waals surface area contributed by atoms with Gasteiger partial charge in [-0.1, -0.05) is 29.3 Å². The van der Waals surface area contributed by atoms with Crippen molar-refractivity contribution < 1.29 is 6.17 Å². The highest BCUT2D eigenvalue weighted by Gasteiger charge is 2.24. The molecule has 7 heteroatoms. The van der Waals surface area contributed by atoms with Gasteiger partial charge in [-0.3, -0.25) is 4.90 Å². The molecule has 156 valence electrons. The molecule has 0 spiro atoms. The van der Waals surface area contributed by atoms with Gasteiger partial charge in [0.2, 0.25) is 0 Å². The minimum atomic E-state index is -0.0678. The topological polar surface area (TPSA) is 38.8 Å². The van der Waals surface area contributed by atoms with E-state index in [-0.39, 0.29) is 18.5 Å². The first-order valence-electron chi connectivity index (χ1n) is 10.7. The van der Waals surface area contributed by atoms with E-state index in [1.54, 1.807) is 19.0 Å². The summed E-state index contributed by atoms with van der Waals surface area (Å²) in [5.74, 6) is 0.419. The lowest BCUT2D eigenvalue weighted by atomic mass is 9.84. The largest absolute Gasteiger partial charge is 0.368 e. The van der Waals surface area contributed by atoms with Gasteiger partial charge < -0.3 is 15.1 Å². The first-order chi connectivity index (χ1) is 13.8. The zero-order valence-electron chi connectivity index (χ0n) is 17.8. The highest BCUT2D eigenvalue weighted by atomic mass is 35.5. The van der Waals surface area contributed by atoms with Gasteiger partial charge in [0.15, 0.2) is 0 Å². The van der Waals surface area contributed by atoms with Crippen LogP contribution < -0.4 is 10.2 Å². The van der Waals surface area contributed by atoms with E-state index in [0.717, 1.165) is 64.1 Å². The van der Waals surface area contributed by atoms with Crippen LogP contribution in [-0.4, -0.2) is 68.7 Å². The van der Waals surface area contributed by atoms with Crippen molar-refractivity contribution in [3.8, 4) is 0 Å². The van der Waals surface area contributed by atoms with Crippen LogP contribution in [0.25, 0.3) is 0 Å². The molecule has 0 radical (unpaired) electrons. The van der Waals surface area contributed by atoms with E-state index in [1.807, 2.05) is 18.2 Å². The van der Waals surface area contributed by atoms with Gasteiger partial charge in [0, 0.05) is 47.7 Å². The van der Waals surface area contributed by atoms with Gasteiger partial charge in [0.25, 0.3) is 0 Å².